The highest BCUT2D eigenvalue weighted by Crippen LogP contribution is 2.54. The molecule has 0 radical (unpaired) electrons. The summed E-state index contributed by atoms with van der Waals surface area (Å²) in [4.78, 5) is 0. The minimum atomic E-state index is 0.0437. The molecule has 2 fully saturated rings. The minimum Gasteiger partial charge on any atom is -0.369 e. The van der Waals surface area contributed by atoms with Gasteiger partial charge in [0.1, 0.15) is 0 Å². The number of unbranched alkanes of at least 4 members (excludes halogenated alkanes) is 2. The largest absolute Gasteiger partial charge is 0.369 e. The highest BCUT2D eigenvalue weighted by atomic mass is 32.2. The van der Waals surface area contributed by atoms with Crippen LogP contribution in [0.4, 0.5) is 0 Å². The molecular weight excluding hydrogens is 312 g/mol. The highest BCUT2D eigenvalue weighted by molar-refractivity contribution is 8.00. The first-order chi connectivity index (χ1) is 11.8. The van der Waals surface area contributed by atoms with E-state index in [4.69, 9.17) is 4.74 Å². The van der Waals surface area contributed by atoms with Gasteiger partial charge in [0.25, 0.3) is 0 Å². The van der Waals surface area contributed by atoms with Gasteiger partial charge in [-0.05, 0) is 42.9 Å². The van der Waals surface area contributed by atoms with Crippen LogP contribution in [0.5, 0.6) is 0 Å². The molecule has 2 aliphatic rings. The number of ether oxygens (including phenoxy) is 1. The Hall–Kier alpha value is -0.730. The van der Waals surface area contributed by atoms with Crippen molar-refractivity contribution in [2.75, 3.05) is 5.75 Å². The van der Waals surface area contributed by atoms with Crippen molar-refractivity contribution in [3.8, 4) is 0 Å². The third kappa shape index (κ3) is 3.91. The summed E-state index contributed by atoms with van der Waals surface area (Å²) in [6.07, 6.45) is 10.4. The average molecular weight is 345 g/mol. The minimum absolute atomic E-state index is 0.0437. The van der Waals surface area contributed by atoms with Crippen molar-refractivity contribution < 1.29 is 4.74 Å². The third-order valence-electron chi connectivity index (χ3n) is 5.77. The molecule has 3 atom stereocenters. The summed E-state index contributed by atoms with van der Waals surface area (Å²) in [5.74, 6) is 1.94. The molecule has 0 aliphatic heterocycles. The molecule has 0 spiro atoms. The Balaban J connectivity index is 1.71. The average Bonchev–Trinajstić information content (AvgIpc) is 2.90. The molecule has 2 heteroatoms. The number of benzene rings is 1. The van der Waals surface area contributed by atoms with Gasteiger partial charge in [-0.3, -0.25) is 0 Å². The molecule has 2 saturated carbocycles. The standard InChI is InChI=1S/C22H32OS/c1-3-4-10-15-24-21-18(2)16-20-13-8-9-14-22(20,21)23-17-19-11-6-5-7-12-19/h5-7,11-12,20-21H,2-4,8-10,13-17H2,1H3/t20-,21+,22+/m0/s1. The zero-order chi connectivity index (χ0) is 16.8. The Kier molecular flexibility index (Phi) is 6.46. The lowest BCUT2D eigenvalue weighted by Gasteiger charge is -2.43. The van der Waals surface area contributed by atoms with Crippen LogP contribution < -0.4 is 0 Å². The van der Waals surface area contributed by atoms with Crippen molar-refractivity contribution in [2.45, 2.75) is 75.7 Å². The van der Waals surface area contributed by atoms with Crippen LogP contribution in [0.15, 0.2) is 42.5 Å². The normalized spacial score (nSPS) is 29.6. The van der Waals surface area contributed by atoms with Crippen molar-refractivity contribution in [1.29, 1.82) is 0 Å². The molecule has 0 amide bonds. The predicted octanol–water partition coefficient (Wildman–Crippen LogP) is 6.38. The first-order valence-electron chi connectivity index (χ1n) is 9.73. The van der Waals surface area contributed by atoms with E-state index in [1.807, 2.05) is 0 Å². The number of hydrogen-bond acceptors (Lipinski definition) is 2. The number of hydrogen-bond donors (Lipinski definition) is 0. The van der Waals surface area contributed by atoms with Crippen LogP contribution in [0.3, 0.4) is 0 Å². The van der Waals surface area contributed by atoms with Crippen LogP contribution in [0, 0.1) is 5.92 Å². The fraction of sp³-hybridized carbons (Fsp3) is 0.636. The van der Waals surface area contributed by atoms with Gasteiger partial charge >= 0.3 is 0 Å². The summed E-state index contributed by atoms with van der Waals surface area (Å²) in [6.45, 7) is 7.48. The maximum absolute atomic E-state index is 6.74. The molecule has 0 aromatic heterocycles. The molecule has 0 bridgehead atoms. The molecule has 1 nitrogen and oxygen atoms in total. The molecule has 0 N–H and O–H groups in total. The molecule has 2 aliphatic carbocycles. The zero-order valence-corrected chi connectivity index (χ0v) is 16.0. The molecule has 1 aromatic rings. The molecule has 0 heterocycles. The van der Waals surface area contributed by atoms with E-state index in [0.717, 1.165) is 6.61 Å². The van der Waals surface area contributed by atoms with E-state index in [0.29, 0.717) is 11.2 Å². The smallest absolute Gasteiger partial charge is 0.0873 e. The Bertz CT molecular complexity index is 526. The zero-order valence-electron chi connectivity index (χ0n) is 15.1. The van der Waals surface area contributed by atoms with Crippen LogP contribution in [0.25, 0.3) is 0 Å². The first kappa shape index (κ1) is 18.1. The second-order valence-electron chi connectivity index (χ2n) is 7.49. The highest BCUT2D eigenvalue weighted by Gasteiger charge is 2.53. The van der Waals surface area contributed by atoms with Gasteiger partial charge in [0, 0.05) is 0 Å². The summed E-state index contributed by atoms with van der Waals surface area (Å²) >= 11 is 2.13. The van der Waals surface area contributed by atoms with Gasteiger partial charge in [0.05, 0.1) is 17.5 Å². The van der Waals surface area contributed by atoms with E-state index < -0.39 is 0 Å². The van der Waals surface area contributed by atoms with Crippen LogP contribution in [-0.2, 0) is 11.3 Å². The van der Waals surface area contributed by atoms with Crippen molar-refractivity contribution in [3.63, 3.8) is 0 Å². The van der Waals surface area contributed by atoms with Gasteiger partial charge in [-0.15, -0.1) is 0 Å². The molecule has 0 saturated heterocycles. The van der Waals surface area contributed by atoms with E-state index in [2.05, 4.69) is 55.6 Å². The lowest BCUT2D eigenvalue weighted by Crippen LogP contribution is -2.46. The van der Waals surface area contributed by atoms with E-state index in [9.17, 15) is 0 Å². The first-order valence-corrected chi connectivity index (χ1v) is 10.8. The maximum atomic E-state index is 6.74. The molecule has 0 unspecified atom stereocenters. The monoisotopic (exact) mass is 344 g/mol. The van der Waals surface area contributed by atoms with Crippen molar-refractivity contribution >= 4 is 11.8 Å². The Morgan fingerprint density at radius 3 is 2.83 bits per heavy atom. The van der Waals surface area contributed by atoms with Crippen molar-refractivity contribution in [2.24, 2.45) is 5.92 Å². The number of thioether (sulfide) groups is 1. The summed E-state index contributed by atoms with van der Waals surface area (Å²) in [5.41, 5.74) is 2.78. The van der Waals surface area contributed by atoms with E-state index in [-0.39, 0.29) is 5.60 Å². The summed E-state index contributed by atoms with van der Waals surface area (Å²) < 4.78 is 6.74. The van der Waals surface area contributed by atoms with Crippen molar-refractivity contribution in [1.82, 2.24) is 0 Å². The van der Waals surface area contributed by atoms with Gasteiger partial charge in [0.2, 0.25) is 0 Å². The van der Waals surface area contributed by atoms with E-state index >= 15 is 0 Å². The fourth-order valence-corrected chi connectivity index (χ4v) is 6.10. The molecule has 1 aromatic carbocycles. The molecule has 3 rings (SSSR count). The van der Waals surface area contributed by atoms with Crippen LogP contribution in [0.2, 0.25) is 0 Å². The quantitative estimate of drug-likeness (QED) is 0.399. The second kappa shape index (κ2) is 8.58. The van der Waals surface area contributed by atoms with Crippen LogP contribution in [-0.4, -0.2) is 16.6 Å². The topological polar surface area (TPSA) is 9.23 Å². The Morgan fingerprint density at radius 1 is 1.21 bits per heavy atom. The van der Waals surface area contributed by atoms with Gasteiger partial charge in [0.15, 0.2) is 0 Å². The van der Waals surface area contributed by atoms with Gasteiger partial charge in [-0.1, -0.05) is 75.1 Å². The predicted molar refractivity (Wildman–Crippen MR) is 105 cm³/mol. The van der Waals surface area contributed by atoms with Gasteiger partial charge < -0.3 is 4.74 Å². The Morgan fingerprint density at radius 2 is 2.04 bits per heavy atom. The summed E-state index contributed by atoms with van der Waals surface area (Å²) in [5, 5.41) is 0.503. The SMILES string of the molecule is C=C1C[C@@H]2CCCC[C@]2(OCc2ccccc2)[C@@H]1SCCCCC. The van der Waals surface area contributed by atoms with E-state index in [1.54, 1.807) is 0 Å². The van der Waals surface area contributed by atoms with Crippen molar-refractivity contribution in [3.05, 3.63) is 48.0 Å². The third-order valence-corrected chi connectivity index (χ3v) is 7.36. The summed E-state index contributed by atoms with van der Waals surface area (Å²) in [6, 6.07) is 10.7. The fourth-order valence-electron chi connectivity index (χ4n) is 4.50. The maximum Gasteiger partial charge on any atom is 0.0873 e. The number of rotatable bonds is 8. The van der Waals surface area contributed by atoms with Gasteiger partial charge in [-0.2, -0.15) is 11.8 Å². The van der Waals surface area contributed by atoms with E-state index in [1.165, 1.54) is 68.3 Å². The molecular formula is C22H32OS. The molecule has 24 heavy (non-hydrogen) atoms. The van der Waals surface area contributed by atoms with Crippen LogP contribution in [0.1, 0.15) is 63.9 Å². The second-order valence-corrected chi connectivity index (χ2v) is 8.71. The number of fused-ring (bicyclic) bond motifs is 1. The Labute approximate surface area is 152 Å². The lowest BCUT2D eigenvalue weighted by atomic mass is 9.77. The lowest BCUT2D eigenvalue weighted by molar-refractivity contribution is -0.0980. The molecule has 132 valence electrons. The van der Waals surface area contributed by atoms with Gasteiger partial charge in [-0.25, -0.2) is 0 Å². The van der Waals surface area contributed by atoms with Crippen LogP contribution >= 0.6 is 11.8 Å². The summed E-state index contributed by atoms with van der Waals surface area (Å²) in [7, 11) is 0.